The van der Waals surface area contributed by atoms with Crippen LogP contribution in [-0.4, -0.2) is 33.2 Å². The first-order chi connectivity index (χ1) is 13.4. The second kappa shape index (κ2) is 7.16. The zero-order chi connectivity index (χ0) is 19.7. The van der Waals surface area contributed by atoms with Gasteiger partial charge in [-0.3, -0.25) is 4.79 Å². The summed E-state index contributed by atoms with van der Waals surface area (Å²) in [5.74, 6) is 0.571. The van der Waals surface area contributed by atoms with Crippen LogP contribution in [0, 0.1) is 0 Å². The summed E-state index contributed by atoms with van der Waals surface area (Å²) in [7, 11) is -3.23. The summed E-state index contributed by atoms with van der Waals surface area (Å²) < 4.78 is 34.3. The van der Waals surface area contributed by atoms with E-state index in [1.54, 1.807) is 30.3 Å². The predicted molar refractivity (Wildman–Crippen MR) is 104 cm³/mol. The highest BCUT2D eigenvalue weighted by atomic mass is 32.2. The minimum atomic E-state index is -3.23. The zero-order valence-electron chi connectivity index (χ0n) is 15.2. The lowest BCUT2D eigenvalue weighted by molar-refractivity contribution is 0.0933. The summed E-state index contributed by atoms with van der Waals surface area (Å²) in [4.78, 5) is 12.3. The standard InChI is InChI=1S/C21H19NO5S/c1-28(24,25)18-7-5-14(6-8-18)19-4-2-3-15-11-17(27-20(15)19)12-22-21(23)16-9-10-26-13-16/h2-10,13,17H,11-12H2,1H3,(H,22,23). The van der Waals surface area contributed by atoms with E-state index in [0.717, 1.165) is 22.4 Å². The second-order valence-corrected chi connectivity index (χ2v) is 8.77. The smallest absolute Gasteiger partial charge is 0.254 e. The van der Waals surface area contributed by atoms with E-state index in [4.69, 9.17) is 9.15 Å². The van der Waals surface area contributed by atoms with E-state index in [1.807, 2.05) is 18.2 Å². The molecule has 2 heterocycles. The third kappa shape index (κ3) is 3.66. The Morgan fingerprint density at radius 2 is 1.93 bits per heavy atom. The molecule has 0 saturated carbocycles. The van der Waals surface area contributed by atoms with Gasteiger partial charge >= 0.3 is 0 Å². The molecular weight excluding hydrogens is 378 g/mol. The van der Waals surface area contributed by atoms with Crippen LogP contribution in [0.5, 0.6) is 5.75 Å². The van der Waals surface area contributed by atoms with Crippen molar-refractivity contribution < 1.29 is 22.4 Å². The molecule has 144 valence electrons. The fraction of sp³-hybridized carbons (Fsp3) is 0.190. The minimum absolute atomic E-state index is 0.165. The molecule has 3 aromatic rings. The third-order valence-corrected chi connectivity index (χ3v) is 5.82. The number of furan rings is 1. The number of hydrogen-bond donors (Lipinski definition) is 1. The van der Waals surface area contributed by atoms with Crippen molar-refractivity contribution in [2.75, 3.05) is 12.8 Å². The van der Waals surface area contributed by atoms with Crippen molar-refractivity contribution in [2.24, 2.45) is 0 Å². The number of nitrogens with one attached hydrogen (secondary N) is 1. The molecule has 0 bridgehead atoms. The van der Waals surface area contributed by atoms with Gasteiger partial charge in [0.15, 0.2) is 9.84 Å². The van der Waals surface area contributed by atoms with Gasteiger partial charge in [0, 0.05) is 18.2 Å². The number of sulfone groups is 1. The van der Waals surface area contributed by atoms with Crippen LogP contribution in [-0.2, 0) is 16.3 Å². The van der Waals surface area contributed by atoms with Crippen LogP contribution in [0.15, 0.2) is 70.4 Å². The van der Waals surface area contributed by atoms with Crippen molar-refractivity contribution in [2.45, 2.75) is 17.4 Å². The van der Waals surface area contributed by atoms with Gasteiger partial charge in [0.25, 0.3) is 5.91 Å². The van der Waals surface area contributed by atoms with E-state index in [1.165, 1.54) is 18.8 Å². The van der Waals surface area contributed by atoms with Gasteiger partial charge in [-0.1, -0.05) is 30.3 Å². The van der Waals surface area contributed by atoms with E-state index in [2.05, 4.69) is 5.32 Å². The first-order valence-electron chi connectivity index (χ1n) is 8.81. The van der Waals surface area contributed by atoms with Gasteiger partial charge in [-0.2, -0.15) is 0 Å². The molecule has 0 aliphatic carbocycles. The highest BCUT2D eigenvalue weighted by Crippen LogP contribution is 2.38. The Labute approximate surface area is 163 Å². The summed E-state index contributed by atoms with van der Waals surface area (Å²) >= 11 is 0. The highest BCUT2D eigenvalue weighted by Gasteiger charge is 2.26. The van der Waals surface area contributed by atoms with E-state index < -0.39 is 9.84 Å². The number of para-hydroxylation sites is 1. The monoisotopic (exact) mass is 397 g/mol. The van der Waals surface area contributed by atoms with Gasteiger partial charge in [0.2, 0.25) is 0 Å². The molecule has 4 rings (SSSR count). The van der Waals surface area contributed by atoms with Crippen LogP contribution in [0.25, 0.3) is 11.1 Å². The Balaban J connectivity index is 1.50. The van der Waals surface area contributed by atoms with Gasteiger partial charge in [-0.25, -0.2) is 8.42 Å². The number of rotatable bonds is 5. The Kier molecular flexibility index (Phi) is 4.68. The normalized spacial score (nSPS) is 15.7. The summed E-state index contributed by atoms with van der Waals surface area (Å²) in [5.41, 5.74) is 3.32. The molecule has 1 aliphatic rings. The van der Waals surface area contributed by atoms with E-state index in [0.29, 0.717) is 18.5 Å². The quantitative estimate of drug-likeness (QED) is 0.715. The average molecular weight is 397 g/mol. The molecular formula is C21H19NO5S. The van der Waals surface area contributed by atoms with E-state index in [9.17, 15) is 13.2 Å². The maximum atomic E-state index is 12.1. The predicted octanol–water partition coefficient (Wildman–Crippen LogP) is 3.08. The third-order valence-electron chi connectivity index (χ3n) is 4.70. The molecule has 6 nitrogen and oxygen atoms in total. The molecule has 1 aliphatic heterocycles. The maximum absolute atomic E-state index is 12.1. The lowest BCUT2D eigenvalue weighted by atomic mass is 10.0. The SMILES string of the molecule is CS(=O)(=O)c1ccc(-c2cccc3c2OC(CNC(=O)c2ccoc2)C3)cc1. The summed E-state index contributed by atoms with van der Waals surface area (Å²) in [6.07, 6.45) is 4.57. The molecule has 0 fully saturated rings. The molecule has 1 amide bonds. The topological polar surface area (TPSA) is 85.6 Å². The number of hydrogen-bond acceptors (Lipinski definition) is 5. The lowest BCUT2D eigenvalue weighted by Crippen LogP contribution is -2.34. The van der Waals surface area contributed by atoms with Crippen molar-refractivity contribution in [3.05, 3.63) is 72.2 Å². The summed E-state index contributed by atoms with van der Waals surface area (Å²) in [5, 5.41) is 2.85. The molecule has 1 atom stereocenters. The molecule has 7 heteroatoms. The van der Waals surface area contributed by atoms with Gasteiger partial charge in [0.1, 0.15) is 18.1 Å². The maximum Gasteiger partial charge on any atom is 0.254 e. The number of ether oxygens (including phenoxy) is 1. The van der Waals surface area contributed by atoms with Crippen molar-refractivity contribution in [1.29, 1.82) is 0 Å². The van der Waals surface area contributed by atoms with Crippen molar-refractivity contribution in [3.63, 3.8) is 0 Å². The molecule has 28 heavy (non-hydrogen) atoms. The number of benzene rings is 2. The molecule has 0 saturated heterocycles. The van der Waals surface area contributed by atoms with Gasteiger partial charge in [0.05, 0.1) is 23.3 Å². The number of amides is 1. The fourth-order valence-electron chi connectivity index (χ4n) is 3.26. The summed E-state index contributed by atoms with van der Waals surface area (Å²) in [6.45, 7) is 0.380. The molecule has 0 spiro atoms. The fourth-order valence-corrected chi connectivity index (χ4v) is 3.89. The van der Waals surface area contributed by atoms with E-state index >= 15 is 0 Å². The van der Waals surface area contributed by atoms with Crippen molar-refractivity contribution >= 4 is 15.7 Å². The largest absolute Gasteiger partial charge is 0.487 e. The van der Waals surface area contributed by atoms with Crippen LogP contribution < -0.4 is 10.1 Å². The number of carbonyl (C=O) groups is 1. The van der Waals surface area contributed by atoms with Crippen LogP contribution >= 0.6 is 0 Å². The highest BCUT2D eigenvalue weighted by molar-refractivity contribution is 7.90. The molecule has 1 N–H and O–H groups in total. The first kappa shape index (κ1) is 18.3. The van der Waals surface area contributed by atoms with Crippen LogP contribution in [0.1, 0.15) is 15.9 Å². The average Bonchev–Trinajstić information content (AvgIpc) is 3.34. The molecule has 0 radical (unpaired) electrons. The Morgan fingerprint density at radius 1 is 1.14 bits per heavy atom. The first-order valence-corrected chi connectivity index (χ1v) is 10.7. The van der Waals surface area contributed by atoms with Gasteiger partial charge in [-0.05, 0) is 29.3 Å². The minimum Gasteiger partial charge on any atom is -0.487 e. The van der Waals surface area contributed by atoms with Crippen LogP contribution in [0.3, 0.4) is 0 Å². The van der Waals surface area contributed by atoms with Crippen molar-refractivity contribution in [1.82, 2.24) is 5.32 Å². The lowest BCUT2D eigenvalue weighted by Gasteiger charge is -2.13. The Bertz CT molecular complexity index is 1100. The van der Waals surface area contributed by atoms with Gasteiger partial charge < -0.3 is 14.5 Å². The van der Waals surface area contributed by atoms with Crippen LogP contribution in [0.2, 0.25) is 0 Å². The molecule has 1 aromatic heterocycles. The van der Waals surface area contributed by atoms with Crippen LogP contribution in [0.4, 0.5) is 0 Å². The number of fused-ring (bicyclic) bond motifs is 1. The number of carbonyl (C=O) groups excluding carboxylic acids is 1. The van der Waals surface area contributed by atoms with Gasteiger partial charge in [-0.15, -0.1) is 0 Å². The Morgan fingerprint density at radius 3 is 2.61 bits per heavy atom. The zero-order valence-corrected chi connectivity index (χ0v) is 16.0. The van der Waals surface area contributed by atoms with E-state index in [-0.39, 0.29) is 16.9 Å². The second-order valence-electron chi connectivity index (χ2n) is 6.76. The summed E-state index contributed by atoms with van der Waals surface area (Å²) in [6, 6.07) is 14.3. The molecule has 2 aromatic carbocycles. The Hall–Kier alpha value is -3.06. The molecule has 1 unspecified atom stereocenters. The van der Waals surface area contributed by atoms with Crippen molar-refractivity contribution in [3.8, 4) is 16.9 Å².